The molecular formula is C19H27N5O. The largest absolute Gasteiger partial charge is 0.348 e. The van der Waals surface area contributed by atoms with Crippen LogP contribution >= 0.6 is 0 Å². The molecule has 0 spiro atoms. The van der Waals surface area contributed by atoms with Crippen molar-refractivity contribution in [1.82, 2.24) is 25.5 Å². The van der Waals surface area contributed by atoms with E-state index in [1.54, 1.807) is 6.33 Å². The van der Waals surface area contributed by atoms with Gasteiger partial charge in [-0.3, -0.25) is 4.90 Å². The third-order valence-corrected chi connectivity index (χ3v) is 4.76. The van der Waals surface area contributed by atoms with E-state index in [1.165, 1.54) is 6.42 Å². The number of urea groups is 1. The Morgan fingerprint density at radius 2 is 2.16 bits per heavy atom. The molecule has 25 heavy (non-hydrogen) atoms. The first-order valence-electron chi connectivity index (χ1n) is 8.97. The fourth-order valence-electron chi connectivity index (χ4n) is 3.30. The standard InChI is InChI=1S/C19H27N5O/c1-15-18(23-14-22-15)13-24-9-5-8-17(12-24)11-21-19(25)20-10-16-6-3-2-4-7-16/h2-4,6-7,14,17H,5,8-13H2,1H3,(H,22,23)(H2,20,21,25). The van der Waals surface area contributed by atoms with E-state index in [0.717, 1.165) is 49.6 Å². The molecule has 1 aromatic heterocycles. The van der Waals surface area contributed by atoms with Crippen molar-refractivity contribution in [1.29, 1.82) is 0 Å². The second kappa shape index (κ2) is 8.67. The topological polar surface area (TPSA) is 73.0 Å². The molecule has 134 valence electrons. The molecule has 3 N–H and O–H groups in total. The zero-order valence-electron chi connectivity index (χ0n) is 14.8. The van der Waals surface area contributed by atoms with Crippen LogP contribution in [0.1, 0.15) is 29.8 Å². The fourth-order valence-corrected chi connectivity index (χ4v) is 3.30. The number of nitrogens with one attached hydrogen (secondary N) is 3. The maximum absolute atomic E-state index is 12.0. The highest BCUT2D eigenvalue weighted by atomic mass is 16.2. The first-order chi connectivity index (χ1) is 12.2. The Morgan fingerprint density at radius 1 is 1.32 bits per heavy atom. The van der Waals surface area contributed by atoms with E-state index >= 15 is 0 Å². The van der Waals surface area contributed by atoms with Gasteiger partial charge in [0.2, 0.25) is 0 Å². The predicted molar refractivity (Wildman–Crippen MR) is 98.0 cm³/mol. The van der Waals surface area contributed by atoms with E-state index < -0.39 is 0 Å². The number of amides is 2. The van der Waals surface area contributed by atoms with Crippen LogP contribution in [-0.2, 0) is 13.1 Å². The van der Waals surface area contributed by atoms with Crippen molar-refractivity contribution in [2.45, 2.75) is 32.9 Å². The van der Waals surface area contributed by atoms with Gasteiger partial charge >= 0.3 is 6.03 Å². The molecule has 2 aromatic rings. The summed E-state index contributed by atoms with van der Waals surface area (Å²) in [7, 11) is 0. The lowest BCUT2D eigenvalue weighted by atomic mass is 9.98. The van der Waals surface area contributed by atoms with Gasteiger partial charge in [0.15, 0.2) is 0 Å². The number of carbonyl (C=O) groups is 1. The highest BCUT2D eigenvalue weighted by molar-refractivity contribution is 5.73. The van der Waals surface area contributed by atoms with Gasteiger partial charge in [-0.1, -0.05) is 30.3 Å². The quantitative estimate of drug-likeness (QED) is 0.755. The van der Waals surface area contributed by atoms with E-state index in [2.05, 4.69) is 32.4 Å². The van der Waals surface area contributed by atoms with E-state index in [4.69, 9.17) is 0 Å². The number of aromatic nitrogens is 2. The summed E-state index contributed by atoms with van der Waals surface area (Å²) in [5.74, 6) is 0.496. The number of aromatic amines is 1. The number of likely N-dealkylation sites (tertiary alicyclic amines) is 1. The molecule has 1 aliphatic rings. The van der Waals surface area contributed by atoms with Gasteiger partial charge in [0, 0.05) is 31.9 Å². The second-order valence-electron chi connectivity index (χ2n) is 6.77. The summed E-state index contributed by atoms with van der Waals surface area (Å²) in [5.41, 5.74) is 3.37. The molecule has 0 radical (unpaired) electrons. The van der Waals surface area contributed by atoms with E-state index in [0.29, 0.717) is 12.5 Å². The van der Waals surface area contributed by atoms with Gasteiger partial charge in [0.05, 0.1) is 12.0 Å². The second-order valence-corrected chi connectivity index (χ2v) is 6.77. The molecule has 3 rings (SSSR count). The maximum atomic E-state index is 12.0. The Kier molecular flexibility index (Phi) is 6.06. The summed E-state index contributed by atoms with van der Waals surface area (Å²) in [6, 6.07) is 9.86. The van der Waals surface area contributed by atoms with Crippen LogP contribution < -0.4 is 10.6 Å². The molecule has 0 aliphatic carbocycles. The third kappa shape index (κ3) is 5.32. The highest BCUT2D eigenvalue weighted by Gasteiger charge is 2.21. The molecule has 6 nitrogen and oxygen atoms in total. The molecule has 1 saturated heterocycles. The summed E-state index contributed by atoms with van der Waals surface area (Å²) < 4.78 is 0. The molecule has 1 unspecified atom stereocenters. The van der Waals surface area contributed by atoms with Crippen molar-refractivity contribution >= 4 is 6.03 Å². The smallest absolute Gasteiger partial charge is 0.315 e. The molecular weight excluding hydrogens is 314 g/mol. The van der Waals surface area contributed by atoms with Crippen LogP contribution in [0.15, 0.2) is 36.7 Å². The maximum Gasteiger partial charge on any atom is 0.315 e. The number of H-pyrrole nitrogens is 1. The number of aryl methyl sites for hydroxylation is 1. The zero-order valence-corrected chi connectivity index (χ0v) is 14.8. The van der Waals surface area contributed by atoms with Crippen LogP contribution in [0.3, 0.4) is 0 Å². The molecule has 1 aliphatic heterocycles. The van der Waals surface area contributed by atoms with E-state index in [1.807, 2.05) is 30.3 Å². The molecule has 2 amide bonds. The van der Waals surface area contributed by atoms with Gasteiger partial charge < -0.3 is 15.6 Å². The van der Waals surface area contributed by atoms with Crippen LogP contribution in [0.5, 0.6) is 0 Å². The monoisotopic (exact) mass is 341 g/mol. The number of benzene rings is 1. The molecule has 1 aromatic carbocycles. The number of nitrogens with zero attached hydrogens (tertiary/aromatic N) is 2. The summed E-state index contributed by atoms with van der Waals surface area (Å²) in [6.45, 7) is 6.32. The van der Waals surface area contributed by atoms with Gasteiger partial charge in [-0.15, -0.1) is 0 Å². The average Bonchev–Trinajstić information content (AvgIpc) is 3.04. The number of hydrogen-bond acceptors (Lipinski definition) is 3. The first kappa shape index (κ1) is 17.5. The number of imidazole rings is 1. The van der Waals surface area contributed by atoms with Crippen LogP contribution in [-0.4, -0.2) is 40.5 Å². The van der Waals surface area contributed by atoms with Gasteiger partial charge in [0.1, 0.15) is 0 Å². The zero-order chi connectivity index (χ0) is 17.5. The van der Waals surface area contributed by atoms with Crippen LogP contribution in [0.25, 0.3) is 0 Å². The minimum Gasteiger partial charge on any atom is -0.348 e. The summed E-state index contributed by atoms with van der Waals surface area (Å²) in [6.07, 6.45) is 4.08. The van der Waals surface area contributed by atoms with Crippen molar-refractivity contribution in [3.8, 4) is 0 Å². The predicted octanol–water partition coefficient (Wildman–Crippen LogP) is 2.43. The molecule has 1 fully saturated rings. The van der Waals surface area contributed by atoms with Crippen molar-refractivity contribution in [3.05, 3.63) is 53.6 Å². The number of carbonyl (C=O) groups excluding carboxylic acids is 1. The number of rotatable bonds is 6. The molecule has 0 bridgehead atoms. The minimum atomic E-state index is -0.0934. The number of hydrogen-bond donors (Lipinski definition) is 3. The summed E-state index contributed by atoms with van der Waals surface area (Å²) in [4.78, 5) is 21.9. The Balaban J connectivity index is 1.39. The fraction of sp³-hybridized carbons (Fsp3) is 0.474. The lowest BCUT2D eigenvalue weighted by molar-refractivity contribution is 0.163. The van der Waals surface area contributed by atoms with Crippen LogP contribution in [0.2, 0.25) is 0 Å². The molecule has 0 saturated carbocycles. The Labute approximate surface area is 149 Å². The van der Waals surface area contributed by atoms with Gasteiger partial charge in [-0.25, -0.2) is 9.78 Å². The third-order valence-electron chi connectivity index (χ3n) is 4.76. The Morgan fingerprint density at radius 3 is 2.92 bits per heavy atom. The average molecular weight is 341 g/mol. The Hall–Kier alpha value is -2.34. The van der Waals surface area contributed by atoms with E-state index in [9.17, 15) is 4.79 Å². The highest BCUT2D eigenvalue weighted by Crippen LogP contribution is 2.18. The van der Waals surface area contributed by atoms with Gasteiger partial charge in [-0.2, -0.15) is 0 Å². The molecule has 2 heterocycles. The lowest BCUT2D eigenvalue weighted by Gasteiger charge is -2.32. The normalized spacial score (nSPS) is 18.0. The van der Waals surface area contributed by atoms with Crippen molar-refractivity contribution in [2.24, 2.45) is 5.92 Å². The van der Waals surface area contributed by atoms with Crippen molar-refractivity contribution in [3.63, 3.8) is 0 Å². The van der Waals surface area contributed by atoms with Gasteiger partial charge in [0.25, 0.3) is 0 Å². The SMILES string of the molecule is Cc1[nH]cnc1CN1CCCC(CNC(=O)NCc2ccccc2)C1. The first-order valence-corrected chi connectivity index (χ1v) is 8.97. The number of piperidine rings is 1. The molecule has 1 atom stereocenters. The van der Waals surface area contributed by atoms with Crippen LogP contribution in [0, 0.1) is 12.8 Å². The summed E-state index contributed by atoms with van der Waals surface area (Å²) in [5, 5.41) is 5.93. The lowest BCUT2D eigenvalue weighted by Crippen LogP contribution is -2.43. The van der Waals surface area contributed by atoms with Crippen molar-refractivity contribution < 1.29 is 4.79 Å². The minimum absolute atomic E-state index is 0.0934. The van der Waals surface area contributed by atoms with Gasteiger partial charge in [-0.05, 0) is 37.8 Å². The van der Waals surface area contributed by atoms with Crippen LogP contribution in [0.4, 0.5) is 4.79 Å². The molecule has 6 heteroatoms. The summed E-state index contributed by atoms with van der Waals surface area (Å²) >= 11 is 0. The van der Waals surface area contributed by atoms with Crippen molar-refractivity contribution in [2.75, 3.05) is 19.6 Å². The Bertz CT molecular complexity index is 669. The van der Waals surface area contributed by atoms with E-state index in [-0.39, 0.29) is 6.03 Å².